The molecule has 1 aliphatic carbocycles. The zero-order chi connectivity index (χ0) is 16.7. The van der Waals surface area contributed by atoms with Gasteiger partial charge in [0, 0.05) is 12.6 Å². The number of carbonyl (C=O) groups is 1. The maximum atomic E-state index is 13.0. The summed E-state index contributed by atoms with van der Waals surface area (Å²) in [6.07, 6.45) is 4.07. The molecule has 1 unspecified atom stereocenters. The van der Waals surface area contributed by atoms with E-state index in [1.807, 2.05) is 6.92 Å². The molecule has 6 heteroatoms. The van der Waals surface area contributed by atoms with E-state index in [2.05, 4.69) is 0 Å². The fourth-order valence-corrected chi connectivity index (χ4v) is 5.58. The number of rotatable bonds is 4. The van der Waals surface area contributed by atoms with Crippen molar-refractivity contribution in [3.8, 4) is 0 Å². The van der Waals surface area contributed by atoms with Crippen LogP contribution in [0.1, 0.15) is 37.7 Å². The first kappa shape index (κ1) is 16.5. The summed E-state index contributed by atoms with van der Waals surface area (Å²) >= 11 is 0. The Balaban J connectivity index is 1.93. The average Bonchev–Trinajstić information content (AvgIpc) is 2.87. The number of esters is 1. The number of nitrogens with zero attached hydrogens (tertiary/aromatic N) is 1. The highest BCUT2D eigenvalue weighted by Crippen LogP contribution is 2.54. The highest BCUT2D eigenvalue weighted by atomic mass is 32.2. The highest BCUT2D eigenvalue weighted by molar-refractivity contribution is 7.89. The number of benzene rings is 1. The maximum Gasteiger partial charge on any atom is 0.307 e. The monoisotopic (exact) mass is 337 g/mol. The SMILES string of the molecule is COC(=O)CC1N(S(=O)(=O)c2ccc(C)cc2)CCC12CCC2. The molecule has 23 heavy (non-hydrogen) atoms. The number of sulfonamides is 1. The molecule has 2 aliphatic rings. The lowest BCUT2D eigenvalue weighted by Gasteiger charge is -2.44. The van der Waals surface area contributed by atoms with E-state index < -0.39 is 10.0 Å². The lowest BCUT2D eigenvalue weighted by Crippen LogP contribution is -2.47. The normalized spacial score (nSPS) is 23.7. The standard InChI is InChI=1S/C17H23NO4S/c1-13-4-6-14(7-5-13)23(20,21)18-11-10-17(8-3-9-17)15(18)12-16(19)22-2/h4-7,15H,3,8-12H2,1-2H3. The van der Waals surface area contributed by atoms with E-state index in [1.54, 1.807) is 24.3 Å². The second kappa shape index (κ2) is 5.91. The van der Waals surface area contributed by atoms with Crippen LogP contribution in [0, 0.1) is 12.3 Å². The van der Waals surface area contributed by atoms with Gasteiger partial charge in [-0.25, -0.2) is 8.42 Å². The molecule has 0 radical (unpaired) electrons. The van der Waals surface area contributed by atoms with Gasteiger partial charge in [-0.2, -0.15) is 4.31 Å². The first-order valence-corrected chi connectivity index (χ1v) is 9.48. The molecule has 1 aromatic carbocycles. The van der Waals surface area contributed by atoms with Crippen molar-refractivity contribution in [2.45, 2.75) is 50.0 Å². The third kappa shape index (κ3) is 2.78. The summed E-state index contributed by atoms with van der Waals surface area (Å²) in [6.45, 7) is 2.41. The molecule has 1 atom stereocenters. The van der Waals surface area contributed by atoms with E-state index in [1.165, 1.54) is 11.4 Å². The summed E-state index contributed by atoms with van der Waals surface area (Å²) in [5.74, 6) is -0.340. The lowest BCUT2D eigenvalue weighted by molar-refractivity contribution is -0.142. The summed E-state index contributed by atoms with van der Waals surface area (Å²) < 4.78 is 32.4. The average molecular weight is 337 g/mol. The molecule has 0 N–H and O–H groups in total. The fraction of sp³-hybridized carbons (Fsp3) is 0.588. The van der Waals surface area contributed by atoms with Gasteiger partial charge in [-0.3, -0.25) is 4.79 Å². The maximum absolute atomic E-state index is 13.0. The Bertz CT molecular complexity index is 692. The predicted octanol–water partition coefficient (Wildman–Crippen LogP) is 2.49. The van der Waals surface area contributed by atoms with Crippen molar-refractivity contribution >= 4 is 16.0 Å². The molecule has 1 aromatic rings. The number of hydrogen-bond donors (Lipinski definition) is 0. The van der Waals surface area contributed by atoms with Crippen molar-refractivity contribution in [3.63, 3.8) is 0 Å². The molecule has 3 rings (SSSR count). The number of hydrogen-bond acceptors (Lipinski definition) is 4. The van der Waals surface area contributed by atoms with E-state index in [0.717, 1.165) is 31.2 Å². The van der Waals surface area contributed by atoms with Crippen LogP contribution in [0.4, 0.5) is 0 Å². The topological polar surface area (TPSA) is 63.7 Å². The van der Waals surface area contributed by atoms with Gasteiger partial charge in [-0.1, -0.05) is 24.1 Å². The molecular weight excluding hydrogens is 314 g/mol. The minimum atomic E-state index is -3.58. The molecule has 5 nitrogen and oxygen atoms in total. The molecule has 0 amide bonds. The summed E-state index contributed by atoms with van der Waals surface area (Å²) in [7, 11) is -2.23. The lowest BCUT2D eigenvalue weighted by atomic mass is 9.63. The second-order valence-corrected chi connectivity index (χ2v) is 8.58. The van der Waals surface area contributed by atoms with Gasteiger partial charge in [0.2, 0.25) is 10.0 Å². The number of methoxy groups -OCH3 is 1. The summed E-state index contributed by atoms with van der Waals surface area (Å²) in [4.78, 5) is 12.1. The highest BCUT2D eigenvalue weighted by Gasteiger charge is 2.54. The van der Waals surface area contributed by atoms with Gasteiger partial charge >= 0.3 is 5.97 Å². The van der Waals surface area contributed by atoms with Crippen molar-refractivity contribution in [1.82, 2.24) is 4.31 Å². The smallest absolute Gasteiger partial charge is 0.307 e. The van der Waals surface area contributed by atoms with Gasteiger partial charge in [0.25, 0.3) is 0 Å². The Morgan fingerprint density at radius 1 is 1.26 bits per heavy atom. The second-order valence-electron chi connectivity index (χ2n) is 6.69. The van der Waals surface area contributed by atoms with Crippen LogP contribution in [-0.2, 0) is 19.6 Å². The van der Waals surface area contributed by atoms with E-state index in [0.29, 0.717) is 11.4 Å². The number of aryl methyl sites for hydroxylation is 1. The van der Waals surface area contributed by atoms with Crippen molar-refractivity contribution < 1.29 is 17.9 Å². The Labute approximate surface area is 137 Å². The van der Waals surface area contributed by atoms with Crippen LogP contribution in [0.5, 0.6) is 0 Å². The van der Waals surface area contributed by atoms with Crippen LogP contribution in [0.2, 0.25) is 0 Å². The van der Waals surface area contributed by atoms with Crippen LogP contribution in [0.15, 0.2) is 29.2 Å². The van der Waals surface area contributed by atoms with E-state index in [4.69, 9.17) is 4.74 Å². The summed E-state index contributed by atoms with van der Waals surface area (Å²) in [6, 6.07) is 6.61. The van der Waals surface area contributed by atoms with Crippen molar-refractivity contribution in [2.75, 3.05) is 13.7 Å². The zero-order valence-corrected chi connectivity index (χ0v) is 14.4. The minimum Gasteiger partial charge on any atom is -0.469 e. The molecule has 1 heterocycles. The quantitative estimate of drug-likeness (QED) is 0.792. The molecule has 1 spiro atoms. The number of ether oxygens (including phenoxy) is 1. The van der Waals surface area contributed by atoms with E-state index in [-0.39, 0.29) is 23.8 Å². The van der Waals surface area contributed by atoms with Crippen molar-refractivity contribution in [2.24, 2.45) is 5.41 Å². The van der Waals surface area contributed by atoms with Crippen molar-refractivity contribution in [1.29, 1.82) is 0 Å². The van der Waals surface area contributed by atoms with Gasteiger partial charge in [0.15, 0.2) is 0 Å². The Morgan fingerprint density at radius 2 is 1.91 bits per heavy atom. The van der Waals surface area contributed by atoms with Gasteiger partial charge in [-0.05, 0) is 43.7 Å². The third-order valence-corrected chi connectivity index (χ3v) is 7.37. The molecule has 126 valence electrons. The van der Waals surface area contributed by atoms with Crippen molar-refractivity contribution in [3.05, 3.63) is 29.8 Å². The van der Waals surface area contributed by atoms with Crippen LogP contribution in [0.25, 0.3) is 0 Å². The van der Waals surface area contributed by atoms with Crippen LogP contribution in [-0.4, -0.2) is 38.4 Å². The number of carbonyl (C=O) groups excluding carboxylic acids is 1. The Morgan fingerprint density at radius 3 is 2.43 bits per heavy atom. The molecule has 0 aromatic heterocycles. The molecule has 1 saturated heterocycles. The van der Waals surface area contributed by atoms with Crippen LogP contribution >= 0.6 is 0 Å². The van der Waals surface area contributed by atoms with Gasteiger partial charge in [0.05, 0.1) is 18.4 Å². The fourth-order valence-electron chi connectivity index (χ4n) is 3.87. The molecule has 1 saturated carbocycles. The first-order chi connectivity index (χ1) is 10.9. The zero-order valence-electron chi connectivity index (χ0n) is 13.6. The predicted molar refractivity (Wildman–Crippen MR) is 86.4 cm³/mol. The Kier molecular flexibility index (Phi) is 4.23. The van der Waals surface area contributed by atoms with Crippen LogP contribution < -0.4 is 0 Å². The molecule has 2 fully saturated rings. The van der Waals surface area contributed by atoms with Crippen LogP contribution in [0.3, 0.4) is 0 Å². The molecular formula is C17H23NO4S. The largest absolute Gasteiger partial charge is 0.469 e. The Hall–Kier alpha value is -1.40. The van der Waals surface area contributed by atoms with E-state index in [9.17, 15) is 13.2 Å². The van der Waals surface area contributed by atoms with Gasteiger partial charge in [-0.15, -0.1) is 0 Å². The van der Waals surface area contributed by atoms with Gasteiger partial charge < -0.3 is 4.74 Å². The first-order valence-electron chi connectivity index (χ1n) is 8.04. The summed E-state index contributed by atoms with van der Waals surface area (Å²) in [5.41, 5.74) is 0.985. The third-order valence-electron chi connectivity index (χ3n) is 5.45. The van der Waals surface area contributed by atoms with Gasteiger partial charge in [0.1, 0.15) is 0 Å². The molecule has 1 aliphatic heterocycles. The summed E-state index contributed by atoms with van der Waals surface area (Å²) in [5, 5.41) is 0. The minimum absolute atomic E-state index is 0.0358. The molecule has 0 bridgehead atoms. The van der Waals surface area contributed by atoms with E-state index >= 15 is 0 Å².